The number of imide groups is 1. The summed E-state index contributed by atoms with van der Waals surface area (Å²) in [6.07, 6.45) is 0.0378. The van der Waals surface area contributed by atoms with Gasteiger partial charge in [-0.25, -0.2) is 4.90 Å². The predicted molar refractivity (Wildman–Crippen MR) is 110 cm³/mol. The highest BCUT2D eigenvalue weighted by atomic mass is 35.5. The van der Waals surface area contributed by atoms with Crippen molar-refractivity contribution in [3.8, 4) is 0 Å². The van der Waals surface area contributed by atoms with Crippen molar-refractivity contribution < 1.29 is 14.4 Å². The Balaban J connectivity index is 1.59. The largest absolute Gasteiger partial charge is 0.325 e. The van der Waals surface area contributed by atoms with Crippen LogP contribution >= 0.6 is 46.6 Å². The Morgan fingerprint density at radius 2 is 1.89 bits per heavy atom. The van der Waals surface area contributed by atoms with E-state index < -0.39 is 5.25 Å². The maximum absolute atomic E-state index is 12.6. The van der Waals surface area contributed by atoms with Gasteiger partial charge in [0.15, 0.2) is 0 Å². The van der Waals surface area contributed by atoms with Gasteiger partial charge < -0.3 is 5.32 Å². The van der Waals surface area contributed by atoms with Crippen LogP contribution in [0.4, 0.5) is 11.4 Å². The molecule has 140 valence electrons. The van der Waals surface area contributed by atoms with Gasteiger partial charge in [0, 0.05) is 17.1 Å². The lowest BCUT2D eigenvalue weighted by Gasteiger charge is -2.15. The Hall–Kier alpha value is -1.73. The lowest BCUT2D eigenvalue weighted by atomic mass is 10.3. The van der Waals surface area contributed by atoms with Gasteiger partial charge in [-0.1, -0.05) is 40.9 Å². The number of rotatable bonds is 5. The molecule has 1 heterocycles. The van der Waals surface area contributed by atoms with E-state index in [-0.39, 0.29) is 29.9 Å². The molecule has 1 aliphatic rings. The Bertz CT molecular complexity index is 922. The number of hydrogen-bond acceptors (Lipinski definition) is 4. The van der Waals surface area contributed by atoms with Crippen LogP contribution in [0.5, 0.6) is 0 Å². The van der Waals surface area contributed by atoms with Crippen LogP contribution in [0.2, 0.25) is 15.1 Å². The van der Waals surface area contributed by atoms with Crippen molar-refractivity contribution in [3.63, 3.8) is 0 Å². The molecule has 0 aliphatic carbocycles. The molecule has 2 aromatic rings. The zero-order chi connectivity index (χ0) is 19.6. The Labute approximate surface area is 174 Å². The normalized spacial score (nSPS) is 16.7. The molecule has 1 saturated heterocycles. The van der Waals surface area contributed by atoms with Crippen molar-refractivity contribution in [1.82, 2.24) is 0 Å². The van der Waals surface area contributed by atoms with Gasteiger partial charge in [-0.15, -0.1) is 11.8 Å². The van der Waals surface area contributed by atoms with Crippen molar-refractivity contribution in [2.75, 3.05) is 16.0 Å². The summed E-state index contributed by atoms with van der Waals surface area (Å²) in [5, 5.41) is 3.22. The highest BCUT2D eigenvalue weighted by molar-refractivity contribution is 8.01. The van der Waals surface area contributed by atoms with E-state index in [1.807, 2.05) is 0 Å². The second-order valence-electron chi connectivity index (χ2n) is 5.73. The van der Waals surface area contributed by atoms with Crippen molar-refractivity contribution >= 4 is 75.7 Å². The number of nitrogens with one attached hydrogen (secondary N) is 1. The van der Waals surface area contributed by atoms with Crippen LogP contribution in [-0.4, -0.2) is 28.7 Å². The van der Waals surface area contributed by atoms with Gasteiger partial charge in [0.25, 0.3) is 0 Å². The molecule has 1 fully saturated rings. The fourth-order valence-corrected chi connectivity index (χ4v) is 3.98. The molecule has 3 amide bonds. The van der Waals surface area contributed by atoms with Gasteiger partial charge in [-0.2, -0.15) is 0 Å². The first-order chi connectivity index (χ1) is 12.8. The number of nitrogens with zero attached hydrogens (tertiary/aromatic N) is 1. The van der Waals surface area contributed by atoms with Crippen molar-refractivity contribution in [2.45, 2.75) is 11.7 Å². The number of carbonyl (C=O) groups is 3. The maximum Gasteiger partial charge on any atom is 0.247 e. The highest BCUT2D eigenvalue weighted by Gasteiger charge is 2.40. The maximum atomic E-state index is 12.6. The highest BCUT2D eigenvalue weighted by Crippen LogP contribution is 2.31. The van der Waals surface area contributed by atoms with E-state index in [1.165, 1.54) is 6.07 Å². The molecule has 0 saturated carbocycles. The van der Waals surface area contributed by atoms with E-state index in [9.17, 15) is 14.4 Å². The smallest absolute Gasteiger partial charge is 0.247 e. The van der Waals surface area contributed by atoms with Gasteiger partial charge in [0.2, 0.25) is 17.7 Å². The summed E-state index contributed by atoms with van der Waals surface area (Å²) in [6, 6.07) is 11.3. The number of amides is 3. The van der Waals surface area contributed by atoms with Crippen LogP contribution in [0.15, 0.2) is 42.5 Å². The average Bonchev–Trinajstić information content (AvgIpc) is 2.90. The molecule has 2 aromatic carbocycles. The quantitative estimate of drug-likeness (QED) is 0.683. The summed E-state index contributed by atoms with van der Waals surface area (Å²) in [5.74, 6) is -0.952. The molecule has 27 heavy (non-hydrogen) atoms. The molecule has 1 atom stereocenters. The molecule has 9 heteroatoms. The summed E-state index contributed by atoms with van der Waals surface area (Å²) in [6.45, 7) is 0. The van der Waals surface area contributed by atoms with Gasteiger partial charge >= 0.3 is 0 Å². The molecule has 1 aliphatic heterocycles. The minimum atomic E-state index is -0.615. The number of halogens is 3. The first kappa shape index (κ1) is 20.0. The van der Waals surface area contributed by atoms with Crippen LogP contribution in [0, 0.1) is 0 Å². The zero-order valence-corrected chi connectivity index (χ0v) is 16.8. The molecule has 0 bridgehead atoms. The van der Waals surface area contributed by atoms with Crippen molar-refractivity contribution in [3.05, 3.63) is 57.5 Å². The van der Waals surface area contributed by atoms with Crippen LogP contribution in [-0.2, 0) is 14.4 Å². The Morgan fingerprint density at radius 1 is 1.11 bits per heavy atom. The third kappa shape index (κ3) is 4.76. The number of hydrogen-bond donors (Lipinski definition) is 1. The van der Waals surface area contributed by atoms with Crippen LogP contribution in [0.3, 0.4) is 0 Å². The van der Waals surface area contributed by atoms with Crippen LogP contribution in [0.1, 0.15) is 6.42 Å². The Kier molecular flexibility index (Phi) is 6.32. The lowest BCUT2D eigenvalue weighted by Crippen LogP contribution is -2.31. The third-order valence-corrected chi connectivity index (χ3v) is 5.96. The second kappa shape index (κ2) is 8.52. The van der Waals surface area contributed by atoms with Crippen molar-refractivity contribution in [2.24, 2.45) is 0 Å². The van der Waals surface area contributed by atoms with E-state index in [0.29, 0.717) is 26.4 Å². The standard InChI is InChI=1S/C18H13Cl3N2O3S/c19-10-2-1-3-12(6-10)23-17(25)8-15(18(23)26)27-9-16(24)22-11-4-5-13(20)14(21)7-11/h1-7,15H,8-9H2,(H,22,24)/t15-/m1/s1. The summed E-state index contributed by atoms with van der Waals surface area (Å²) in [7, 11) is 0. The van der Waals surface area contributed by atoms with Crippen molar-refractivity contribution in [1.29, 1.82) is 0 Å². The minimum absolute atomic E-state index is 0.0211. The second-order valence-corrected chi connectivity index (χ2v) is 8.17. The average molecular weight is 444 g/mol. The van der Waals surface area contributed by atoms with Gasteiger partial charge in [0.05, 0.1) is 26.7 Å². The summed E-state index contributed by atoms with van der Waals surface area (Å²) in [5.41, 5.74) is 0.935. The third-order valence-electron chi connectivity index (χ3n) is 3.79. The van der Waals surface area contributed by atoms with E-state index in [0.717, 1.165) is 16.7 Å². The molecule has 0 aromatic heterocycles. The number of thioether (sulfide) groups is 1. The Morgan fingerprint density at radius 3 is 2.59 bits per heavy atom. The minimum Gasteiger partial charge on any atom is -0.325 e. The number of carbonyl (C=O) groups excluding carboxylic acids is 3. The number of benzene rings is 2. The fraction of sp³-hybridized carbons (Fsp3) is 0.167. The summed E-state index contributed by atoms with van der Waals surface area (Å²) < 4.78 is 0. The van der Waals surface area contributed by atoms with E-state index >= 15 is 0 Å². The molecular formula is C18H13Cl3N2O3S. The molecule has 5 nitrogen and oxygen atoms in total. The lowest BCUT2D eigenvalue weighted by molar-refractivity contribution is -0.121. The molecule has 3 rings (SSSR count). The first-order valence-electron chi connectivity index (χ1n) is 7.84. The van der Waals surface area contributed by atoms with E-state index in [1.54, 1.807) is 36.4 Å². The molecule has 0 spiro atoms. The molecular weight excluding hydrogens is 431 g/mol. The SMILES string of the molecule is O=C(CS[C@@H]1CC(=O)N(c2cccc(Cl)c2)C1=O)Nc1ccc(Cl)c(Cl)c1. The number of anilines is 2. The van der Waals surface area contributed by atoms with E-state index in [2.05, 4.69) is 5.32 Å². The topological polar surface area (TPSA) is 66.5 Å². The van der Waals surface area contributed by atoms with Gasteiger partial charge in [0.1, 0.15) is 0 Å². The first-order valence-corrected chi connectivity index (χ1v) is 10.0. The molecule has 0 unspecified atom stereocenters. The fourth-order valence-electron chi connectivity index (χ4n) is 2.57. The zero-order valence-electron chi connectivity index (χ0n) is 13.7. The predicted octanol–water partition coefficient (Wildman–Crippen LogP) is 4.65. The van der Waals surface area contributed by atoms with Crippen LogP contribution < -0.4 is 10.2 Å². The monoisotopic (exact) mass is 442 g/mol. The van der Waals surface area contributed by atoms with Crippen LogP contribution in [0.25, 0.3) is 0 Å². The van der Waals surface area contributed by atoms with E-state index in [4.69, 9.17) is 34.8 Å². The molecule has 1 N–H and O–H groups in total. The summed E-state index contributed by atoms with van der Waals surface area (Å²) >= 11 is 18.8. The van der Waals surface area contributed by atoms with Gasteiger partial charge in [-0.05, 0) is 36.4 Å². The summed E-state index contributed by atoms with van der Waals surface area (Å²) in [4.78, 5) is 38.0. The van der Waals surface area contributed by atoms with Gasteiger partial charge in [-0.3, -0.25) is 14.4 Å². The molecule has 0 radical (unpaired) electrons.